The van der Waals surface area contributed by atoms with Crippen LogP contribution in [-0.2, 0) is 0 Å². The first kappa shape index (κ1) is 15.0. The summed E-state index contributed by atoms with van der Waals surface area (Å²) in [4.78, 5) is 0. The van der Waals surface area contributed by atoms with Crippen molar-refractivity contribution in [2.24, 2.45) is 11.8 Å². The predicted molar refractivity (Wildman–Crippen MR) is 78.0 cm³/mol. The molecule has 1 rings (SSSR count). The molecule has 0 bridgehead atoms. The van der Waals surface area contributed by atoms with Crippen LogP contribution in [0.5, 0.6) is 5.75 Å². The van der Waals surface area contributed by atoms with E-state index in [1.165, 1.54) is 12.0 Å². The van der Waals surface area contributed by atoms with Gasteiger partial charge in [-0.1, -0.05) is 39.0 Å². The second-order valence-electron chi connectivity index (χ2n) is 5.61. The van der Waals surface area contributed by atoms with Crippen LogP contribution in [0.2, 0.25) is 0 Å². The molecule has 102 valence electrons. The Labute approximate surface area is 112 Å². The maximum Gasteiger partial charge on any atom is 0.123 e. The minimum Gasteiger partial charge on any atom is -0.496 e. The molecule has 0 aliphatic carbocycles. The minimum atomic E-state index is 0.329. The second kappa shape index (κ2) is 7.42. The smallest absolute Gasteiger partial charge is 0.123 e. The van der Waals surface area contributed by atoms with Gasteiger partial charge in [-0.3, -0.25) is 0 Å². The molecule has 0 heterocycles. The summed E-state index contributed by atoms with van der Waals surface area (Å²) in [6.07, 6.45) is 1.27. The topological polar surface area (TPSA) is 21.3 Å². The first-order chi connectivity index (χ1) is 8.54. The zero-order valence-corrected chi connectivity index (χ0v) is 12.4. The molecule has 0 spiro atoms. The van der Waals surface area contributed by atoms with E-state index < -0.39 is 0 Å². The van der Waals surface area contributed by atoms with Crippen molar-refractivity contribution in [1.29, 1.82) is 0 Å². The molecule has 1 aromatic carbocycles. The summed E-state index contributed by atoms with van der Waals surface area (Å²) in [6, 6.07) is 8.55. The average Bonchev–Trinajstić information content (AvgIpc) is 2.35. The van der Waals surface area contributed by atoms with Crippen molar-refractivity contribution in [3.8, 4) is 5.75 Å². The molecule has 0 saturated heterocycles. The third-order valence-electron chi connectivity index (χ3n) is 3.25. The Hall–Kier alpha value is -1.02. The van der Waals surface area contributed by atoms with Crippen LogP contribution < -0.4 is 10.1 Å². The maximum atomic E-state index is 5.40. The van der Waals surface area contributed by atoms with Gasteiger partial charge in [-0.2, -0.15) is 0 Å². The number of hydrogen-bond acceptors (Lipinski definition) is 2. The van der Waals surface area contributed by atoms with Crippen molar-refractivity contribution in [2.75, 3.05) is 13.7 Å². The molecule has 1 unspecified atom stereocenters. The van der Waals surface area contributed by atoms with E-state index in [1.54, 1.807) is 7.11 Å². The summed E-state index contributed by atoms with van der Waals surface area (Å²) in [5.41, 5.74) is 1.23. The number of benzene rings is 1. The van der Waals surface area contributed by atoms with Crippen LogP contribution in [0.3, 0.4) is 0 Å². The highest BCUT2D eigenvalue weighted by Gasteiger charge is 2.12. The van der Waals surface area contributed by atoms with Crippen molar-refractivity contribution in [3.05, 3.63) is 29.8 Å². The largest absolute Gasteiger partial charge is 0.496 e. The zero-order valence-electron chi connectivity index (χ0n) is 12.4. The third kappa shape index (κ3) is 4.69. The first-order valence-electron chi connectivity index (χ1n) is 6.90. The van der Waals surface area contributed by atoms with Gasteiger partial charge in [-0.25, -0.2) is 0 Å². The highest BCUT2D eigenvalue weighted by Crippen LogP contribution is 2.24. The molecule has 0 aromatic heterocycles. The van der Waals surface area contributed by atoms with Gasteiger partial charge in [0.1, 0.15) is 5.75 Å². The Kier molecular flexibility index (Phi) is 6.20. The van der Waals surface area contributed by atoms with Crippen LogP contribution >= 0.6 is 0 Å². The van der Waals surface area contributed by atoms with E-state index in [9.17, 15) is 0 Å². The van der Waals surface area contributed by atoms with Crippen molar-refractivity contribution < 1.29 is 4.74 Å². The van der Waals surface area contributed by atoms with Gasteiger partial charge in [-0.15, -0.1) is 0 Å². The molecule has 1 aromatic rings. The number of rotatable bonds is 7. The Bertz CT molecular complexity index is 349. The van der Waals surface area contributed by atoms with Crippen LogP contribution in [0.4, 0.5) is 0 Å². The normalized spacial score (nSPS) is 14.6. The van der Waals surface area contributed by atoms with E-state index in [0.717, 1.165) is 18.2 Å². The number of methoxy groups -OCH3 is 1. The van der Waals surface area contributed by atoms with Gasteiger partial charge in [0.25, 0.3) is 0 Å². The van der Waals surface area contributed by atoms with Crippen LogP contribution in [0.15, 0.2) is 24.3 Å². The van der Waals surface area contributed by atoms with Crippen molar-refractivity contribution in [3.63, 3.8) is 0 Å². The fraction of sp³-hybridized carbons (Fsp3) is 0.625. The zero-order chi connectivity index (χ0) is 13.5. The lowest BCUT2D eigenvalue weighted by Crippen LogP contribution is -2.25. The molecule has 2 atom stereocenters. The first-order valence-corrected chi connectivity index (χ1v) is 6.90. The molecule has 1 N–H and O–H groups in total. The SMILES string of the molecule is COc1ccccc1[C@@H](C)NCC(C)CC(C)C. The van der Waals surface area contributed by atoms with Crippen LogP contribution in [-0.4, -0.2) is 13.7 Å². The molecule has 0 amide bonds. The summed E-state index contributed by atoms with van der Waals surface area (Å²) in [6.45, 7) is 10.1. The number of ether oxygens (including phenoxy) is 1. The molecule has 0 aliphatic heterocycles. The summed E-state index contributed by atoms with van der Waals surface area (Å²) in [5, 5.41) is 3.60. The second-order valence-corrected chi connectivity index (χ2v) is 5.61. The van der Waals surface area contributed by atoms with Gasteiger partial charge in [0.2, 0.25) is 0 Å². The molecule has 0 fully saturated rings. The quantitative estimate of drug-likeness (QED) is 0.788. The highest BCUT2D eigenvalue weighted by atomic mass is 16.5. The lowest BCUT2D eigenvalue weighted by Gasteiger charge is -2.20. The monoisotopic (exact) mass is 249 g/mol. The molecule has 0 aliphatic rings. The summed E-state index contributed by atoms with van der Waals surface area (Å²) < 4.78 is 5.40. The number of hydrogen-bond donors (Lipinski definition) is 1. The summed E-state index contributed by atoms with van der Waals surface area (Å²) in [5.74, 6) is 2.44. The lowest BCUT2D eigenvalue weighted by molar-refractivity contribution is 0.380. The van der Waals surface area contributed by atoms with Crippen molar-refractivity contribution in [1.82, 2.24) is 5.32 Å². The van der Waals surface area contributed by atoms with Gasteiger partial charge < -0.3 is 10.1 Å². The van der Waals surface area contributed by atoms with Gasteiger partial charge >= 0.3 is 0 Å². The molecule has 18 heavy (non-hydrogen) atoms. The van der Waals surface area contributed by atoms with Gasteiger partial charge in [-0.05, 0) is 37.8 Å². The molecule has 0 saturated carbocycles. The Morgan fingerprint density at radius 1 is 1.11 bits per heavy atom. The van der Waals surface area contributed by atoms with Gasteiger partial charge in [0.15, 0.2) is 0 Å². The van der Waals surface area contributed by atoms with E-state index in [0.29, 0.717) is 12.0 Å². The molecule has 2 nitrogen and oxygen atoms in total. The predicted octanol–water partition coefficient (Wildman–Crippen LogP) is 4.03. The highest BCUT2D eigenvalue weighted by molar-refractivity contribution is 5.35. The Morgan fingerprint density at radius 3 is 2.39 bits per heavy atom. The number of nitrogens with one attached hydrogen (secondary N) is 1. The van der Waals surface area contributed by atoms with E-state index in [2.05, 4.69) is 45.1 Å². The molecule has 0 radical (unpaired) electrons. The fourth-order valence-corrected chi connectivity index (χ4v) is 2.40. The van der Waals surface area contributed by atoms with E-state index in [1.807, 2.05) is 12.1 Å². The summed E-state index contributed by atoms with van der Waals surface area (Å²) in [7, 11) is 1.73. The van der Waals surface area contributed by atoms with E-state index in [-0.39, 0.29) is 0 Å². The maximum absolute atomic E-state index is 5.40. The lowest BCUT2D eigenvalue weighted by atomic mass is 9.98. The van der Waals surface area contributed by atoms with Crippen LogP contribution in [0.25, 0.3) is 0 Å². The average molecular weight is 249 g/mol. The fourth-order valence-electron chi connectivity index (χ4n) is 2.40. The molecular weight excluding hydrogens is 222 g/mol. The minimum absolute atomic E-state index is 0.329. The Balaban J connectivity index is 2.52. The molecule has 2 heteroatoms. The van der Waals surface area contributed by atoms with Gasteiger partial charge in [0, 0.05) is 11.6 Å². The standard InChI is InChI=1S/C16H27NO/c1-12(2)10-13(3)11-17-14(4)15-8-6-7-9-16(15)18-5/h6-9,12-14,17H,10-11H2,1-5H3/t13?,14-/m1/s1. The van der Waals surface area contributed by atoms with E-state index in [4.69, 9.17) is 4.74 Å². The van der Waals surface area contributed by atoms with Crippen LogP contribution in [0, 0.1) is 11.8 Å². The van der Waals surface area contributed by atoms with E-state index >= 15 is 0 Å². The summed E-state index contributed by atoms with van der Waals surface area (Å²) >= 11 is 0. The van der Waals surface area contributed by atoms with Gasteiger partial charge in [0.05, 0.1) is 7.11 Å². The Morgan fingerprint density at radius 2 is 1.78 bits per heavy atom. The van der Waals surface area contributed by atoms with Crippen LogP contribution in [0.1, 0.15) is 45.7 Å². The third-order valence-corrected chi connectivity index (χ3v) is 3.25. The number of para-hydroxylation sites is 1. The molecular formula is C16H27NO. The van der Waals surface area contributed by atoms with Crippen molar-refractivity contribution >= 4 is 0 Å². The van der Waals surface area contributed by atoms with Crippen molar-refractivity contribution in [2.45, 2.75) is 40.2 Å².